The molecule has 1 aliphatic rings. The van der Waals surface area contributed by atoms with E-state index < -0.39 is 11.5 Å². The summed E-state index contributed by atoms with van der Waals surface area (Å²) in [6.45, 7) is 6.43. The molecular formula is C13H21N3O2. The van der Waals surface area contributed by atoms with Gasteiger partial charge in [0, 0.05) is 19.3 Å². The number of aryl methyl sites for hydroxylation is 1. The summed E-state index contributed by atoms with van der Waals surface area (Å²) in [6, 6.07) is 0. The molecule has 1 N–H and O–H groups in total. The first kappa shape index (κ1) is 13.1. The predicted molar refractivity (Wildman–Crippen MR) is 68.2 cm³/mol. The lowest BCUT2D eigenvalue weighted by Crippen LogP contribution is -2.49. The number of rotatable bonds is 5. The molecule has 0 spiro atoms. The second-order valence-electron chi connectivity index (χ2n) is 4.89. The summed E-state index contributed by atoms with van der Waals surface area (Å²) in [5, 5.41) is 9.53. The van der Waals surface area contributed by atoms with Crippen molar-refractivity contribution in [2.45, 2.75) is 51.7 Å². The van der Waals surface area contributed by atoms with Crippen LogP contribution in [0.15, 0.2) is 12.5 Å². The van der Waals surface area contributed by atoms with Gasteiger partial charge in [0.1, 0.15) is 5.54 Å². The van der Waals surface area contributed by atoms with Crippen molar-refractivity contribution in [3.63, 3.8) is 0 Å². The maximum absolute atomic E-state index is 11.6. The Bertz CT molecular complexity index is 430. The number of aliphatic carboxylic acids is 1. The summed E-state index contributed by atoms with van der Waals surface area (Å²) in [7, 11) is 0. The molecule has 2 rings (SSSR count). The fraction of sp³-hybridized carbons (Fsp3) is 0.692. The smallest absolute Gasteiger partial charge is 0.324 e. The maximum atomic E-state index is 11.6. The Kier molecular flexibility index (Phi) is 3.71. The monoisotopic (exact) mass is 251 g/mol. The van der Waals surface area contributed by atoms with Gasteiger partial charge in [-0.1, -0.05) is 6.92 Å². The first-order chi connectivity index (χ1) is 8.64. The molecule has 1 unspecified atom stereocenters. The van der Waals surface area contributed by atoms with E-state index in [2.05, 4.69) is 21.4 Å². The average molecular weight is 251 g/mol. The lowest BCUT2D eigenvalue weighted by molar-refractivity contribution is -0.150. The highest BCUT2D eigenvalue weighted by atomic mass is 16.4. The Balaban J connectivity index is 2.20. The van der Waals surface area contributed by atoms with E-state index in [-0.39, 0.29) is 0 Å². The van der Waals surface area contributed by atoms with Crippen LogP contribution in [0, 0.1) is 0 Å². The van der Waals surface area contributed by atoms with Crippen LogP contribution in [0.4, 0.5) is 0 Å². The number of carbonyl (C=O) groups is 1. The molecule has 0 aliphatic carbocycles. The van der Waals surface area contributed by atoms with Gasteiger partial charge in [0.15, 0.2) is 0 Å². The number of hydrogen-bond donors (Lipinski definition) is 1. The predicted octanol–water partition coefficient (Wildman–Crippen LogP) is 1.73. The molecule has 0 aromatic carbocycles. The lowest BCUT2D eigenvalue weighted by atomic mass is 9.93. The SMILES string of the molecule is CCn1cncc1CN1CCCC1(CC)C(=O)O. The first-order valence-electron chi connectivity index (χ1n) is 6.61. The molecule has 5 heteroatoms. The van der Waals surface area contributed by atoms with Crippen molar-refractivity contribution in [1.29, 1.82) is 0 Å². The zero-order valence-corrected chi connectivity index (χ0v) is 11.1. The van der Waals surface area contributed by atoms with E-state index >= 15 is 0 Å². The Labute approximate surface area is 107 Å². The van der Waals surface area contributed by atoms with E-state index in [1.54, 1.807) is 6.33 Å². The number of aromatic nitrogens is 2. The zero-order chi connectivity index (χ0) is 13.2. The number of imidazole rings is 1. The summed E-state index contributed by atoms with van der Waals surface area (Å²) >= 11 is 0. The van der Waals surface area contributed by atoms with Crippen LogP contribution in [-0.4, -0.2) is 37.6 Å². The molecule has 1 aromatic heterocycles. The summed E-state index contributed by atoms with van der Waals surface area (Å²) in [5.41, 5.74) is 0.418. The van der Waals surface area contributed by atoms with Crippen molar-refractivity contribution in [2.24, 2.45) is 0 Å². The van der Waals surface area contributed by atoms with Gasteiger partial charge in [-0.2, -0.15) is 0 Å². The second-order valence-corrected chi connectivity index (χ2v) is 4.89. The van der Waals surface area contributed by atoms with E-state index in [4.69, 9.17) is 0 Å². The van der Waals surface area contributed by atoms with Crippen LogP contribution >= 0.6 is 0 Å². The van der Waals surface area contributed by atoms with Crippen molar-refractivity contribution in [3.8, 4) is 0 Å². The van der Waals surface area contributed by atoms with Gasteiger partial charge >= 0.3 is 5.97 Å². The van der Waals surface area contributed by atoms with Gasteiger partial charge in [0.25, 0.3) is 0 Å². The summed E-state index contributed by atoms with van der Waals surface area (Å²) in [5.74, 6) is -0.690. The minimum absolute atomic E-state index is 0.655. The molecule has 1 saturated heterocycles. The van der Waals surface area contributed by atoms with Crippen molar-refractivity contribution in [3.05, 3.63) is 18.2 Å². The van der Waals surface area contributed by atoms with Gasteiger partial charge in [-0.3, -0.25) is 9.69 Å². The van der Waals surface area contributed by atoms with Gasteiger partial charge in [0.05, 0.1) is 12.0 Å². The molecule has 5 nitrogen and oxygen atoms in total. The van der Waals surface area contributed by atoms with Crippen molar-refractivity contribution >= 4 is 5.97 Å². The summed E-state index contributed by atoms with van der Waals surface area (Å²) in [4.78, 5) is 17.8. The fourth-order valence-corrected chi connectivity index (χ4v) is 2.92. The number of carboxylic acid groups (broad SMARTS) is 1. The third-order valence-corrected chi connectivity index (χ3v) is 4.10. The molecule has 1 aromatic rings. The topological polar surface area (TPSA) is 58.4 Å². The molecule has 100 valence electrons. The van der Waals surface area contributed by atoms with E-state index in [9.17, 15) is 9.90 Å². The van der Waals surface area contributed by atoms with Crippen LogP contribution in [0.2, 0.25) is 0 Å². The summed E-state index contributed by atoms with van der Waals surface area (Å²) in [6.07, 6.45) is 6.01. The Hall–Kier alpha value is -1.36. The molecule has 2 heterocycles. The largest absolute Gasteiger partial charge is 0.480 e. The standard InChI is InChI=1S/C13H21N3O2/c1-3-13(12(17)18)6-5-7-16(13)9-11-8-14-10-15(11)4-2/h8,10H,3-7,9H2,1-2H3,(H,17,18). The highest BCUT2D eigenvalue weighted by molar-refractivity contribution is 5.79. The average Bonchev–Trinajstić information content (AvgIpc) is 2.96. The minimum atomic E-state index is -0.690. The highest BCUT2D eigenvalue weighted by Crippen LogP contribution is 2.33. The molecule has 1 atom stereocenters. The van der Waals surface area contributed by atoms with Gasteiger partial charge in [0.2, 0.25) is 0 Å². The van der Waals surface area contributed by atoms with E-state index in [0.717, 1.165) is 31.6 Å². The molecule has 0 amide bonds. The first-order valence-corrected chi connectivity index (χ1v) is 6.61. The zero-order valence-electron chi connectivity index (χ0n) is 11.1. The van der Waals surface area contributed by atoms with E-state index in [0.29, 0.717) is 13.0 Å². The lowest BCUT2D eigenvalue weighted by Gasteiger charge is -2.33. The third kappa shape index (κ3) is 2.03. The van der Waals surface area contributed by atoms with Gasteiger partial charge < -0.3 is 9.67 Å². The van der Waals surface area contributed by atoms with E-state index in [1.807, 2.05) is 13.1 Å². The van der Waals surface area contributed by atoms with Crippen molar-refractivity contribution in [1.82, 2.24) is 14.5 Å². The number of likely N-dealkylation sites (tertiary alicyclic amines) is 1. The quantitative estimate of drug-likeness (QED) is 0.866. The fourth-order valence-electron chi connectivity index (χ4n) is 2.92. The molecular weight excluding hydrogens is 230 g/mol. The molecule has 0 saturated carbocycles. The highest BCUT2D eigenvalue weighted by Gasteiger charge is 2.46. The van der Waals surface area contributed by atoms with Crippen LogP contribution < -0.4 is 0 Å². The number of hydrogen-bond acceptors (Lipinski definition) is 3. The van der Waals surface area contributed by atoms with Gasteiger partial charge in [-0.05, 0) is 32.7 Å². The Morgan fingerprint density at radius 1 is 1.56 bits per heavy atom. The van der Waals surface area contributed by atoms with Crippen LogP contribution in [0.1, 0.15) is 38.8 Å². The molecule has 1 fully saturated rings. The van der Waals surface area contributed by atoms with Crippen molar-refractivity contribution in [2.75, 3.05) is 6.54 Å². The number of carboxylic acids is 1. The minimum Gasteiger partial charge on any atom is -0.480 e. The van der Waals surface area contributed by atoms with Gasteiger partial charge in [-0.15, -0.1) is 0 Å². The van der Waals surface area contributed by atoms with Crippen molar-refractivity contribution < 1.29 is 9.90 Å². The summed E-state index contributed by atoms with van der Waals surface area (Å²) < 4.78 is 2.07. The van der Waals surface area contributed by atoms with E-state index in [1.165, 1.54) is 0 Å². The van der Waals surface area contributed by atoms with Crippen LogP contribution in [-0.2, 0) is 17.9 Å². The normalized spacial score (nSPS) is 24.6. The second kappa shape index (κ2) is 5.10. The Morgan fingerprint density at radius 2 is 2.33 bits per heavy atom. The van der Waals surface area contributed by atoms with Gasteiger partial charge in [-0.25, -0.2) is 4.98 Å². The molecule has 0 bridgehead atoms. The molecule has 1 aliphatic heterocycles. The van der Waals surface area contributed by atoms with Crippen LogP contribution in [0.3, 0.4) is 0 Å². The maximum Gasteiger partial charge on any atom is 0.324 e. The molecule has 18 heavy (non-hydrogen) atoms. The number of nitrogens with zero attached hydrogens (tertiary/aromatic N) is 3. The molecule has 0 radical (unpaired) electrons. The Morgan fingerprint density at radius 3 is 2.94 bits per heavy atom. The van der Waals surface area contributed by atoms with Crippen LogP contribution in [0.25, 0.3) is 0 Å². The third-order valence-electron chi connectivity index (χ3n) is 4.10. The van der Waals surface area contributed by atoms with Crippen LogP contribution in [0.5, 0.6) is 0 Å².